The maximum absolute atomic E-state index is 13.5. The van der Waals surface area contributed by atoms with E-state index in [2.05, 4.69) is 10.6 Å². The Morgan fingerprint density at radius 1 is 1.15 bits per heavy atom. The van der Waals surface area contributed by atoms with Crippen molar-refractivity contribution >= 4 is 46.0 Å². The fourth-order valence-corrected chi connectivity index (χ4v) is 5.07. The fraction of sp³-hybridized carbons (Fsp3) is 0.240. The molecule has 2 N–H and O–H groups in total. The summed E-state index contributed by atoms with van der Waals surface area (Å²) in [5.41, 5.74) is 3.49. The van der Waals surface area contributed by atoms with E-state index in [0.29, 0.717) is 22.0 Å². The van der Waals surface area contributed by atoms with Gasteiger partial charge in [0, 0.05) is 22.4 Å². The van der Waals surface area contributed by atoms with Gasteiger partial charge in [-0.05, 0) is 56.0 Å². The normalized spacial score (nSPS) is 17.5. The number of amides is 2. The van der Waals surface area contributed by atoms with Crippen molar-refractivity contribution in [1.82, 2.24) is 10.2 Å². The second-order valence-corrected chi connectivity index (χ2v) is 9.44. The van der Waals surface area contributed by atoms with Crippen LogP contribution in [0.2, 0.25) is 5.02 Å². The molecule has 8 heteroatoms. The molecule has 0 bridgehead atoms. The standard InChI is InChI=1S/C25H25ClN4O2S/c1-15(2)27-21(31)13-20-14-33-25-28-16(3)22(24(32)29-19-10-5-4-6-11-19)23(30(20)25)17-8-7-9-18(26)12-17/h4-12,14-15,23H,13H2,1-3H3,(H,27,31)(H,29,32)/t23-/m1/s1. The summed E-state index contributed by atoms with van der Waals surface area (Å²) in [6, 6.07) is 16.4. The maximum Gasteiger partial charge on any atom is 0.255 e. The lowest BCUT2D eigenvalue weighted by Gasteiger charge is -2.36. The summed E-state index contributed by atoms with van der Waals surface area (Å²) in [6.45, 7) is 5.69. The average Bonchev–Trinajstić information content (AvgIpc) is 3.14. The molecule has 2 amide bonds. The van der Waals surface area contributed by atoms with Gasteiger partial charge < -0.3 is 15.5 Å². The number of carbonyl (C=O) groups excluding carboxylic acids is 2. The third-order valence-electron chi connectivity index (χ3n) is 5.23. The van der Waals surface area contributed by atoms with Crippen LogP contribution in [0.3, 0.4) is 0 Å². The van der Waals surface area contributed by atoms with Crippen molar-refractivity contribution in [2.45, 2.75) is 39.3 Å². The highest BCUT2D eigenvalue weighted by molar-refractivity contribution is 8.16. The Morgan fingerprint density at radius 2 is 1.91 bits per heavy atom. The molecule has 0 aliphatic carbocycles. The molecule has 170 valence electrons. The number of aliphatic imine (C=N–C) groups is 1. The minimum absolute atomic E-state index is 0.0414. The first kappa shape index (κ1) is 23.1. The van der Waals surface area contributed by atoms with Gasteiger partial charge in [-0.2, -0.15) is 0 Å². The van der Waals surface area contributed by atoms with Crippen LogP contribution in [-0.4, -0.2) is 27.9 Å². The van der Waals surface area contributed by atoms with E-state index in [0.717, 1.165) is 16.4 Å². The van der Waals surface area contributed by atoms with Gasteiger partial charge in [-0.1, -0.05) is 53.7 Å². The zero-order valence-corrected chi connectivity index (χ0v) is 20.2. The summed E-state index contributed by atoms with van der Waals surface area (Å²) in [5.74, 6) is -0.320. The smallest absolute Gasteiger partial charge is 0.255 e. The van der Waals surface area contributed by atoms with Crippen LogP contribution in [0.15, 0.2) is 82.0 Å². The number of anilines is 1. The Labute approximate surface area is 202 Å². The van der Waals surface area contributed by atoms with Crippen molar-refractivity contribution in [3.63, 3.8) is 0 Å². The number of allylic oxidation sites excluding steroid dienone is 1. The minimum Gasteiger partial charge on any atom is -0.354 e. The van der Waals surface area contributed by atoms with E-state index in [-0.39, 0.29) is 24.3 Å². The summed E-state index contributed by atoms with van der Waals surface area (Å²) in [7, 11) is 0. The van der Waals surface area contributed by atoms with Gasteiger partial charge in [0.05, 0.1) is 23.7 Å². The van der Waals surface area contributed by atoms with E-state index >= 15 is 0 Å². The molecule has 2 heterocycles. The Hall–Kier alpha value is -3.03. The van der Waals surface area contributed by atoms with Crippen molar-refractivity contribution in [3.05, 3.63) is 87.6 Å². The maximum atomic E-state index is 13.5. The first-order valence-electron chi connectivity index (χ1n) is 10.7. The Kier molecular flexibility index (Phi) is 6.91. The number of hydrogen-bond donors (Lipinski definition) is 2. The van der Waals surface area contributed by atoms with E-state index in [1.165, 1.54) is 11.8 Å². The molecule has 0 aromatic heterocycles. The van der Waals surface area contributed by atoms with E-state index in [1.54, 1.807) is 6.07 Å². The molecular formula is C25H25ClN4O2S. The van der Waals surface area contributed by atoms with Crippen LogP contribution in [0.1, 0.15) is 38.8 Å². The average molecular weight is 481 g/mol. The van der Waals surface area contributed by atoms with Crippen molar-refractivity contribution in [2.75, 3.05) is 5.32 Å². The van der Waals surface area contributed by atoms with Crippen LogP contribution in [0.4, 0.5) is 5.69 Å². The molecule has 0 fully saturated rings. The molecular weight excluding hydrogens is 456 g/mol. The molecule has 2 aliphatic rings. The monoisotopic (exact) mass is 480 g/mol. The van der Waals surface area contributed by atoms with Gasteiger partial charge in [0.2, 0.25) is 5.91 Å². The summed E-state index contributed by atoms with van der Waals surface area (Å²) < 4.78 is 0. The topological polar surface area (TPSA) is 73.8 Å². The van der Waals surface area contributed by atoms with Crippen LogP contribution < -0.4 is 10.6 Å². The Bertz CT molecular complexity index is 1170. The van der Waals surface area contributed by atoms with Crippen LogP contribution >= 0.6 is 23.4 Å². The number of hydrogen-bond acceptors (Lipinski definition) is 5. The first-order valence-corrected chi connectivity index (χ1v) is 11.9. The summed E-state index contributed by atoms with van der Waals surface area (Å²) >= 11 is 7.78. The van der Waals surface area contributed by atoms with Gasteiger partial charge in [0.1, 0.15) is 0 Å². The van der Waals surface area contributed by atoms with E-state index in [4.69, 9.17) is 16.6 Å². The minimum atomic E-state index is -0.465. The third-order valence-corrected chi connectivity index (χ3v) is 6.36. The van der Waals surface area contributed by atoms with Crippen LogP contribution in [-0.2, 0) is 9.59 Å². The number of rotatable bonds is 6. The van der Waals surface area contributed by atoms with E-state index < -0.39 is 6.04 Å². The van der Waals surface area contributed by atoms with Crippen molar-refractivity contribution in [3.8, 4) is 0 Å². The second-order valence-electron chi connectivity index (χ2n) is 8.17. The zero-order valence-electron chi connectivity index (χ0n) is 18.6. The van der Waals surface area contributed by atoms with E-state index in [1.807, 2.05) is 79.6 Å². The van der Waals surface area contributed by atoms with Crippen LogP contribution in [0.5, 0.6) is 0 Å². The van der Waals surface area contributed by atoms with Gasteiger partial charge in [-0.3, -0.25) is 9.59 Å². The third kappa shape index (κ3) is 5.15. The van der Waals surface area contributed by atoms with Crippen molar-refractivity contribution < 1.29 is 9.59 Å². The quantitative estimate of drug-likeness (QED) is 0.575. The molecule has 0 saturated carbocycles. The van der Waals surface area contributed by atoms with Crippen LogP contribution in [0.25, 0.3) is 0 Å². The number of carbonyl (C=O) groups is 2. The van der Waals surface area contributed by atoms with Crippen molar-refractivity contribution in [2.24, 2.45) is 4.99 Å². The molecule has 2 aromatic rings. The van der Waals surface area contributed by atoms with Gasteiger partial charge in [0.15, 0.2) is 5.17 Å². The van der Waals surface area contributed by atoms with Gasteiger partial charge in [0.25, 0.3) is 5.91 Å². The molecule has 0 saturated heterocycles. The second kappa shape index (κ2) is 9.85. The number of nitrogens with zero attached hydrogens (tertiary/aromatic N) is 2. The highest BCUT2D eigenvalue weighted by atomic mass is 35.5. The number of nitrogens with one attached hydrogen (secondary N) is 2. The zero-order chi connectivity index (χ0) is 23.5. The lowest BCUT2D eigenvalue weighted by Crippen LogP contribution is -2.39. The Balaban J connectivity index is 1.74. The number of para-hydroxylation sites is 1. The predicted molar refractivity (Wildman–Crippen MR) is 135 cm³/mol. The summed E-state index contributed by atoms with van der Waals surface area (Å²) in [6.07, 6.45) is 0.188. The lowest BCUT2D eigenvalue weighted by atomic mass is 9.93. The van der Waals surface area contributed by atoms with Crippen LogP contribution in [0, 0.1) is 0 Å². The SMILES string of the molecule is CC1=C(C(=O)Nc2ccccc2)[C@@H](c2cccc(Cl)c2)N2C(CC(=O)NC(C)C)=CSC2=N1. The highest BCUT2D eigenvalue weighted by Crippen LogP contribution is 2.45. The molecule has 2 aliphatic heterocycles. The molecule has 1 atom stereocenters. The number of thioether (sulfide) groups is 1. The van der Waals surface area contributed by atoms with Crippen molar-refractivity contribution in [1.29, 1.82) is 0 Å². The first-order chi connectivity index (χ1) is 15.8. The largest absolute Gasteiger partial charge is 0.354 e. The summed E-state index contributed by atoms with van der Waals surface area (Å²) in [4.78, 5) is 32.8. The molecule has 6 nitrogen and oxygen atoms in total. The van der Waals surface area contributed by atoms with Gasteiger partial charge >= 0.3 is 0 Å². The molecule has 4 rings (SSSR count). The predicted octanol–water partition coefficient (Wildman–Crippen LogP) is 5.47. The molecule has 0 radical (unpaired) electrons. The van der Waals surface area contributed by atoms with E-state index in [9.17, 15) is 9.59 Å². The molecule has 33 heavy (non-hydrogen) atoms. The van der Waals surface area contributed by atoms with Gasteiger partial charge in [-0.25, -0.2) is 4.99 Å². The molecule has 2 aromatic carbocycles. The highest BCUT2D eigenvalue weighted by Gasteiger charge is 2.40. The molecule has 0 spiro atoms. The number of fused-ring (bicyclic) bond motifs is 1. The number of halogens is 1. The Morgan fingerprint density at radius 3 is 2.61 bits per heavy atom. The molecule has 0 unspecified atom stereocenters. The fourth-order valence-electron chi connectivity index (χ4n) is 3.91. The van der Waals surface area contributed by atoms with Gasteiger partial charge in [-0.15, -0.1) is 0 Å². The number of amidine groups is 1. The lowest BCUT2D eigenvalue weighted by molar-refractivity contribution is -0.121. The number of benzene rings is 2. The summed E-state index contributed by atoms with van der Waals surface area (Å²) in [5, 5.41) is 9.17.